The maximum Gasteiger partial charge on any atom is 0.228 e. The Morgan fingerprint density at radius 2 is 1.47 bits per heavy atom. The van der Waals surface area contributed by atoms with Crippen molar-refractivity contribution in [3.05, 3.63) is 120 Å². The van der Waals surface area contributed by atoms with Gasteiger partial charge in [-0.25, -0.2) is 0 Å². The van der Waals surface area contributed by atoms with E-state index in [1.807, 2.05) is 65.6 Å². The van der Waals surface area contributed by atoms with Crippen molar-refractivity contribution >= 4 is 5.91 Å². The SMILES string of the molecule is O=C(C1CNC[C@H]1c1ccccc1-c1ccc(Oc2ccccc2)cc1)N1CCOC[C@@H]1c1ccccc1. The maximum absolute atomic E-state index is 14.0. The van der Waals surface area contributed by atoms with Crippen molar-refractivity contribution < 1.29 is 14.3 Å². The number of hydrogen-bond donors (Lipinski definition) is 1. The summed E-state index contributed by atoms with van der Waals surface area (Å²) in [4.78, 5) is 16.1. The highest BCUT2D eigenvalue weighted by atomic mass is 16.5. The van der Waals surface area contributed by atoms with Gasteiger partial charge in [-0.1, -0.05) is 84.9 Å². The molecule has 4 aromatic carbocycles. The molecule has 38 heavy (non-hydrogen) atoms. The summed E-state index contributed by atoms with van der Waals surface area (Å²) in [5.74, 6) is 1.79. The van der Waals surface area contributed by atoms with E-state index in [2.05, 4.69) is 53.8 Å². The van der Waals surface area contributed by atoms with Gasteiger partial charge in [0, 0.05) is 25.6 Å². The molecule has 1 amide bonds. The minimum absolute atomic E-state index is 0.0499. The van der Waals surface area contributed by atoms with Crippen molar-refractivity contribution in [1.82, 2.24) is 10.2 Å². The molecule has 0 spiro atoms. The number of benzene rings is 4. The van der Waals surface area contributed by atoms with Crippen LogP contribution >= 0.6 is 0 Å². The second-order valence-electron chi connectivity index (χ2n) is 9.93. The molecule has 2 saturated heterocycles. The lowest BCUT2D eigenvalue weighted by Gasteiger charge is -2.38. The summed E-state index contributed by atoms with van der Waals surface area (Å²) >= 11 is 0. The highest BCUT2D eigenvalue weighted by Crippen LogP contribution is 2.38. The number of carbonyl (C=O) groups is 1. The molecular formula is C33H32N2O3. The third-order valence-electron chi connectivity index (χ3n) is 7.63. The Kier molecular flexibility index (Phi) is 7.20. The van der Waals surface area contributed by atoms with Crippen LogP contribution in [0.1, 0.15) is 23.1 Å². The molecule has 6 rings (SSSR count). The topological polar surface area (TPSA) is 50.8 Å². The molecule has 5 heteroatoms. The maximum atomic E-state index is 14.0. The zero-order valence-electron chi connectivity index (χ0n) is 21.3. The number of amides is 1. The lowest BCUT2D eigenvalue weighted by molar-refractivity contribution is -0.144. The van der Waals surface area contributed by atoms with E-state index in [-0.39, 0.29) is 23.8 Å². The first-order valence-electron chi connectivity index (χ1n) is 13.3. The highest BCUT2D eigenvalue weighted by Gasteiger charge is 2.40. The second-order valence-corrected chi connectivity index (χ2v) is 9.93. The predicted molar refractivity (Wildman–Crippen MR) is 149 cm³/mol. The van der Waals surface area contributed by atoms with Gasteiger partial charge in [0.05, 0.1) is 25.2 Å². The summed E-state index contributed by atoms with van der Waals surface area (Å²) in [5, 5.41) is 3.51. The molecule has 0 radical (unpaired) electrons. The van der Waals surface area contributed by atoms with Crippen LogP contribution < -0.4 is 10.1 Å². The van der Waals surface area contributed by atoms with Gasteiger partial charge in [0.25, 0.3) is 0 Å². The quantitative estimate of drug-likeness (QED) is 0.347. The van der Waals surface area contributed by atoms with Crippen LogP contribution in [0.25, 0.3) is 11.1 Å². The fraction of sp³-hybridized carbons (Fsp3) is 0.242. The van der Waals surface area contributed by atoms with Crippen LogP contribution in [0.15, 0.2) is 109 Å². The van der Waals surface area contributed by atoms with Gasteiger partial charge >= 0.3 is 0 Å². The zero-order valence-corrected chi connectivity index (χ0v) is 21.3. The van der Waals surface area contributed by atoms with Crippen LogP contribution in [-0.4, -0.2) is 43.7 Å². The van der Waals surface area contributed by atoms with Crippen molar-refractivity contribution in [2.75, 3.05) is 32.8 Å². The third kappa shape index (κ3) is 5.08. The first-order valence-corrected chi connectivity index (χ1v) is 13.3. The van der Waals surface area contributed by atoms with Gasteiger partial charge in [-0.15, -0.1) is 0 Å². The second kappa shape index (κ2) is 11.2. The van der Waals surface area contributed by atoms with Crippen molar-refractivity contribution in [3.63, 3.8) is 0 Å². The molecule has 192 valence electrons. The average molecular weight is 505 g/mol. The molecule has 1 N–H and O–H groups in total. The Balaban J connectivity index is 1.25. The van der Waals surface area contributed by atoms with E-state index in [4.69, 9.17) is 9.47 Å². The Morgan fingerprint density at radius 3 is 2.26 bits per heavy atom. The van der Waals surface area contributed by atoms with Crippen LogP contribution in [0.5, 0.6) is 11.5 Å². The van der Waals surface area contributed by atoms with Crippen molar-refractivity contribution in [2.45, 2.75) is 12.0 Å². The smallest absolute Gasteiger partial charge is 0.228 e. The molecule has 1 unspecified atom stereocenters. The standard InChI is InChI=1S/C33H32N2O3/c36-33(35-19-20-37-23-32(35)25-9-3-1-4-10-25)31-22-34-21-30(31)29-14-8-7-13-28(29)24-15-17-27(18-16-24)38-26-11-5-2-6-12-26/h1-18,30-32,34H,19-23H2/t30-,31?,32+/m0/s1. The number of hydrogen-bond acceptors (Lipinski definition) is 4. The van der Waals surface area contributed by atoms with Crippen molar-refractivity contribution in [2.24, 2.45) is 5.92 Å². The fourth-order valence-corrected chi connectivity index (χ4v) is 5.71. The van der Waals surface area contributed by atoms with Crippen molar-refractivity contribution in [3.8, 4) is 22.6 Å². The number of nitrogens with one attached hydrogen (secondary N) is 1. The van der Waals surface area contributed by atoms with Gasteiger partial charge < -0.3 is 19.7 Å². The van der Waals surface area contributed by atoms with Gasteiger partial charge in [-0.2, -0.15) is 0 Å². The number of nitrogens with zero attached hydrogens (tertiary/aromatic N) is 1. The molecule has 0 aromatic heterocycles. The minimum atomic E-state index is -0.124. The monoisotopic (exact) mass is 504 g/mol. The summed E-state index contributed by atoms with van der Waals surface area (Å²) in [6.45, 7) is 3.19. The first-order chi connectivity index (χ1) is 18.8. The highest BCUT2D eigenvalue weighted by molar-refractivity contribution is 5.82. The summed E-state index contributed by atoms with van der Waals surface area (Å²) in [5.41, 5.74) is 4.61. The Bertz CT molecular complexity index is 1360. The van der Waals surface area contributed by atoms with E-state index in [1.54, 1.807) is 0 Å². The predicted octanol–water partition coefficient (Wildman–Crippen LogP) is 6.05. The average Bonchev–Trinajstić information content (AvgIpc) is 3.48. The van der Waals surface area contributed by atoms with Crippen LogP contribution in [-0.2, 0) is 9.53 Å². The molecule has 3 atom stereocenters. The summed E-state index contributed by atoms with van der Waals surface area (Å²) in [6.07, 6.45) is 0. The molecule has 2 fully saturated rings. The largest absolute Gasteiger partial charge is 0.457 e. The van der Waals surface area contributed by atoms with E-state index in [1.165, 1.54) is 5.56 Å². The van der Waals surface area contributed by atoms with Crippen molar-refractivity contribution in [1.29, 1.82) is 0 Å². The Hall–Kier alpha value is -3.93. The summed E-state index contributed by atoms with van der Waals surface area (Å²) in [7, 11) is 0. The zero-order chi connectivity index (χ0) is 25.7. The van der Waals surface area contributed by atoms with Crippen LogP contribution in [0, 0.1) is 5.92 Å². The van der Waals surface area contributed by atoms with Crippen LogP contribution in [0.3, 0.4) is 0 Å². The number of carbonyl (C=O) groups excluding carboxylic acids is 1. The summed E-state index contributed by atoms with van der Waals surface area (Å²) in [6, 6.07) is 36.7. The molecule has 4 aromatic rings. The van der Waals surface area contributed by atoms with E-state index in [0.29, 0.717) is 26.3 Å². The Morgan fingerprint density at radius 1 is 0.789 bits per heavy atom. The van der Waals surface area contributed by atoms with E-state index >= 15 is 0 Å². The van der Waals surface area contributed by atoms with Gasteiger partial charge in [0.1, 0.15) is 11.5 Å². The van der Waals surface area contributed by atoms with E-state index in [9.17, 15) is 4.79 Å². The summed E-state index contributed by atoms with van der Waals surface area (Å²) < 4.78 is 11.8. The molecule has 0 saturated carbocycles. The molecule has 0 bridgehead atoms. The molecular weight excluding hydrogens is 472 g/mol. The lowest BCUT2D eigenvalue weighted by Crippen LogP contribution is -2.47. The fourth-order valence-electron chi connectivity index (χ4n) is 5.71. The van der Waals surface area contributed by atoms with Crippen LogP contribution in [0.2, 0.25) is 0 Å². The van der Waals surface area contributed by atoms with Gasteiger partial charge in [0.15, 0.2) is 0 Å². The van der Waals surface area contributed by atoms with Gasteiger partial charge in [-0.05, 0) is 46.5 Å². The van der Waals surface area contributed by atoms with E-state index < -0.39 is 0 Å². The molecule has 2 heterocycles. The molecule has 2 aliphatic heterocycles. The van der Waals surface area contributed by atoms with E-state index in [0.717, 1.165) is 34.7 Å². The first kappa shape index (κ1) is 24.4. The van der Waals surface area contributed by atoms with Crippen LogP contribution in [0.4, 0.5) is 0 Å². The molecule has 0 aliphatic carbocycles. The van der Waals surface area contributed by atoms with Gasteiger partial charge in [0.2, 0.25) is 5.91 Å². The number of ether oxygens (including phenoxy) is 2. The number of para-hydroxylation sites is 1. The Labute approximate surface area is 224 Å². The molecule has 5 nitrogen and oxygen atoms in total. The number of morpholine rings is 1. The molecule has 2 aliphatic rings. The van der Waals surface area contributed by atoms with Gasteiger partial charge in [-0.3, -0.25) is 4.79 Å². The third-order valence-corrected chi connectivity index (χ3v) is 7.63. The minimum Gasteiger partial charge on any atom is -0.457 e. The lowest BCUT2D eigenvalue weighted by atomic mass is 9.83. The normalized spacial score (nSPS) is 21.3. The number of rotatable bonds is 6.